The van der Waals surface area contributed by atoms with Crippen LogP contribution in [-0.2, 0) is 28.7 Å². The average molecular weight is 662 g/mol. The number of phenols is 1. The van der Waals surface area contributed by atoms with Crippen LogP contribution in [0.25, 0.3) is 0 Å². The molecule has 2 unspecified atom stereocenters. The van der Waals surface area contributed by atoms with E-state index in [0.29, 0.717) is 24.3 Å². The molecule has 13 heteroatoms. The van der Waals surface area contributed by atoms with Crippen molar-refractivity contribution >= 4 is 17.5 Å². The zero-order valence-electron chi connectivity index (χ0n) is 27.1. The number of primary amides is 1. The zero-order valence-corrected chi connectivity index (χ0v) is 27.1. The monoisotopic (exact) mass is 661 g/mol. The number of allylic oxidation sites excluding steroid dienone is 1. The molecular weight excluding hydrogens is 619 g/mol. The van der Waals surface area contributed by atoms with Crippen LogP contribution in [0, 0.1) is 35.0 Å². The number of alkyl halides is 3. The van der Waals surface area contributed by atoms with E-state index in [-0.39, 0.29) is 23.9 Å². The summed E-state index contributed by atoms with van der Waals surface area (Å²) in [7, 11) is 4.71. The van der Waals surface area contributed by atoms with E-state index in [2.05, 4.69) is 13.8 Å². The molecule has 7 rings (SSSR count). The van der Waals surface area contributed by atoms with Crippen LogP contribution in [0.15, 0.2) is 28.7 Å². The van der Waals surface area contributed by atoms with Crippen LogP contribution in [0.1, 0.15) is 66.6 Å². The molecule has 1 amide bonds. The summed E-state index contributed by atoms with van der Waals surface area (Å²) in [5, 5.41) is 45.2. The second kappa shape index (κ2) is 10.8. The lowest BCUT2D eigenvalue weighted by Crippen LogP contribution is -2.63. The van der Waals surface area contributed by atoms with Gasteiger partial charge in [0.05, 0.1) is 17.2 Å². The van der Waals surface area contributed by atoms with Crippen LogP contribution in [0.2, 0.25) is 0 Å². The lowest BCUT2D eigenvalue weighted by molar-refractivity contribution is -0.148. The van der Waals surface area contributed by atoms with Crippen molar-refractivity contribution in [2.75, 3.05) is 27.7 Å². The molecule has 0 aromatic heterocycles. The Morgan fingerprint density at radius 3 is 2.28 bits per heavy atom. The summed E-state index contributed by atoms with van der Waals surface area (Å²) in [5.41, 5.74) is -1.06. The third-order valence-corrected chi connectivity index (χ3v) is 12.1. The number of hydrogen-bond donors (Lipinski definition) is 5. The molecule has 1 aromatic carbocycles. The number of hydrogen-bond acceptors (Lipinski definition) is 9. The maximum atomic E-state index is 14.9. The van der Waals surface area contributed by atoms with Crippen LogP contribution in [-0.4, -0.2) is 87.0 Å². The van der Waals surface area contributed by atoms with Gasteiger partial charge in [-0.05, 0) is 99.5 Å². The van der Waals surface area contributed by atoms with Gasteiger partial charge >= 0.3 is 6.18 Å². The number of carbonyl (C=O) groups is 3. The Hall–Kier alpha value is -3.42. The van der Waals surface area contributed by atoms with E-state index >= 15 is 0 Å². The second-order valence-corrected chi connectivity index (χ2v) is 15.1. The van der Waals surface area contributed by atoms with Crippen molar-refractivity contribution in [2.45, 2.75) is 70.3 Å². The molecule has 3 fully saturated rings. The third kappa shape index (κ3) is 4.74. The molecule has 1 aromatic rings. The van der Waals surface area contributed by atoms with E-state index < -0.39 is 98.7 Å². The number of carbonyl (C=O) groups excluding carboxylic acids is 3. The van der Waals surface area contributed by atoms with Gasteiger partial charge in [0.25, 0.3) is 5.91 Å². The molecule has 0 aliphatic heterocycles. The van der Waals surface area contributed by atoms with Gasteiger partial charge in [-0.2, -0.15) is 13.2 Å². The van der Waals surface area contributed by atoms with Gasteiger partial charge < -0.3 is 31.1 Å². The normalized spacial score (nSPS) is 33.1. The van der Waals surface area contributed by atoms with Crippen molar-refractivity contribution in [2.24, 2.45) is 40.7 Å². The van der Waals surface area contributed by atoms with Crippen LogP contribution >= 0.6 is 0 Å². The Bertz CT molecular complexity index is 1650. The molecule has 2 bridgehead atoms. The van der Waals surface area contributed by atoms with E-state index in [9.17, 15) is 48.0 Å². The molecule has 256 valence electrons. The third-order valence-electron chi connectivity index (χ3n) is 12.1. The first-order valence-electron chi connectivity index (χ1n) is 16.0. The molecule has 0 radical (unpaired) electrons. The fourth-order valence-electron chi connectivity index (χ4n) is 9.80. The molecule has 10 nitrogen and oxygen atoms in total. The van der Waals surface area contributed by atoms with Crippen LogP contribution < -0.4 is 5.73 Å². The molecule has 0 spiro atoms. The van der Waals surface area contributed by atoms with Crippen molar-refractivity contribution in [3.8, 4) is 5.75 Å². The van der Waals surface area contributed by atoms with Crippen LogP contribution in [0.3, 0.4) is 0 Å². The number of nitrogens with two attached hydrogens (primary N) is 1. The maximum Gasteiger partial charge on any atom is 0.417 e. The fourth-order valence-corrected chi connectivity index (χ4v) is 9.80. The molecule has 0 saturated heterocycles. The number of ketones is 2. The highest BCUT2D eigenvalue weighted by atomic mass is 19.4. The smallest absolute Gasteiger partial charge is 0.417 e. The van der Waals surface area contributed by atoms with E-state index in [1.165, 1.54) is 19.0 Å². The van der Waals surface area contributed by atoms with Gasteiger partial charge in [-0.1, -0.05) is 13.8 Å². The molecular formula is C34H42F3N3O7. The number of halogens is 3. The summed E-state index contributed by atoms with van der Waals surface area (Å²) < 4.78 is 44.8. The van der Waals surface area contributed by atoms with Crippen molar-refractivity contribution in [3.63, 3.8) is 0 Å². The summed E-state index contributed by atoms with van der Waals surface area (Å²) >= 11 is 0. The van der Waals surface area contributed by atoms with E-state index in [1.54, 1.807) is 7.05 Å². The standard InChI is InChI=1S/C34H42F3N3O7/c1-32(2)17-7-6-14(19(32)11-17)12-40(5)13-16-10-21(41)23-18(25(16)34(35,36)37)8-15-9-20-26(39(3)4)28(43)24(31(38)46)30(45)33(20,47)29(44)22(15)27(23)42/h10,14-15,17,19-20,26,41,43-44,47H,6-9,11-13H2,1-5H3,(H2,38,46)/t14-,15+,17?,19?,20+,26+,33+/m1/s1. The Morgan fingerprint density at radius 2 is 1.72 bits per heavy atom. The number of rotatable bonds is 6. The fraction of sp³-hybridized carbons (Fsp3) is 0.618. The van der Waals surface area contributed by atoms with Crippen LogP contribution in [0.5, 0.6) is 5.75 Å². The van der Waals surface area contributed by atoms with Gasteiger partial charge in [0.1, 0.15) is 22.8 Å². The Kier molecular flexibility index (Phi) is 7.69. The lowest BCUT2D eigenvalue weighted by Gasteiger charge is -2.60. The highest BCUT2D eigenvalue weighted by Gasteiger charge is 2.63. The van der Waals surface area contributed by atoms with Crippen molar-refractivity contribution in [3.05, 3.63) is 51.0 Å². The van der Waals surface area contributed by atoms with Gasteiger partial charge in [-0.3, -0.25) is 19.3 Å². The zero-order chi connectivity index (χ0) is 34.7. The van der Waals surface area contributed by atoms with Gasteiger partial charge in [-0.25, -0.2) is 0 Å². The first-order valence-corrected chi connectivity index (χ1v) is 16.0. The van der Waals surface area contributed by atoms with E-state index in [4.69, 9.17) is 5.73 Å². The molecule has 6 N–H and O–H groups in total. The minimum Gasteiger partial charge on any atom is -0.510 e. The first-order chi connectivity index (χ1) is 21.7. The topological polar surface area (TPSA) is 165 Å². The summed E-state index contributed by atoms with van der Waals surface area (Å²) in [6, 6.07) is -0.301. The number of likely N-dealkylation sites (N-methyl/N-ethyl adjacent to an activating group) is 1. The largest absolute Gasteiger partial charge is 0.510 e. The molecule has 47 heavy (non-hydrogen) atoms. The Balaban J connectivity index is 1.41. The number of fused-ring (bicyclic) bond motifs is 5. The number of amides is 1. The average Bonchev–Trinajstić information content (AvgIpc) is 2.93. The quantitative estimate of drug-likeness (QED) is 0.286. The summed E-state index contributed by atoms with van der Waals surface area (Å²) in [6.07, 6.45) is -2.41. The van der Waals surface area contributed by atoms with Crippen molar-refractivity contribution in [1.82, 2.24) is 9.80 Å². The number of benzene rings is 1. The number of nitrogens with zero attached hydrogens (tertiary/aromatic N) is 2. The SMILES string of the molecule is CN(Cc1cc(O)c2c(c1C(F)(F)F)C[C@H]1C[C@H]3[C@H](N(C)C)C(O)=C(C(N)=O)C(=O)[C@@]3(O)C(O)=C1C2=O)C[C@H]1CCC2CC1C2(C)C. The van der Waals surface area contributed by atoms with Gasteiger partial charge in [-0.15, -0.1) is 0 Å². The van der Waals surface area contributed by atoms with Gasteiger partial charge in [0.15, 0.2) is 11.4 Å². The molecule has 6 aliphatic rings. The number of Topliss-reactive ketones (excluding diaryl/α,β-unsaturated/α-hetero) is 2. The van der Waals surface area contributed by atoms with Gasteiger partial charge in [0.2, 0.25) is 5.78 Å². The molecule has 7 atom stereocenters. The lowest BCUT2D eigenvalue weighted by atomic mass is 9.45. The summed E-state index contributed by atoms with van der Waals surface area (Å²) in [4.78, 5) is 42.8. The second-order valence-electron chi connectivity index (χ2n) is 15.1. The van der Waals surface area contributed by atoms with Crippen LogP contribution in [0.4, 0.5) is 13.2 Å². The molecule has 0 heterocycles. The van der Waals surface area contributed by atoms with E-state index in [0.717, 1.165) is 25.3 Å². The summed E-state index contributed by atoms with van der Waals surface area (Å²) in [6.45, 7) is 4.97. The van der Waals surface area contributed by atoms with Crippen molar-refractivity contribution < 1.29 is 48.0 Å². The first kappa shape index (κ1) is 33.5. The number of phenolic OH excluding ortho intramolecular Hbond substituents is 1. The van der Waals surface area contributed by atoms with Gasteiger partial charge in [0, 0.05) is 24.6 Å². The predicted molar refractivity (Wildman–Crippen MR) is 163 cm³/mol. The minimum atomic E-state index is -4.90. The highest BCUT2D eigenvalue weighted by Crippen LogP contribution is 2.61. The summed E-state index contributed by atoms with van der Waals surface area (Å²) in [5.74, 6) is -7.43. The number of aliphatic hydroxyl groups is 3. The predicted octanol–water partition coefficient (Wildman–Crippen LogP) is 3.64. The van der Waals surface area contributed by atoms with Crippen molar-refractivity contribution in [1.29, 1.82) is 0 Å². The Morgan fingerprint density at radius 1 is 1.06 bits per heavy atom. The Labute approximate surface area is 270 Å². The highest BCUT2D eigenvalue weighted by molar-refractivity contribution is 6.24. The molecule has 3 saturated carbocycles. The number of aliphatic hydroxyl groups excluding tert-OH is 2. The number of aromatic hydroxyl groups is 1. The maximum absolute atomic E-state index is 14.9. The molecule has 6 aliphatic carbocycles. The minimum absolute atomic E-state index is 0.121. The van der Waals surface area contributed by atoms with E-state index in [1.807, 2.05) is 4.90 Å².